The number of ether oxygens (including phenoxy) is 1. The van der Waals surface area contributed by atoms with Crippen molar-refractivity contribution < 1.29 is 14.3 Å². The number of carbonyl (C=O) groups excluding carboxylic acids is 2. The van der Waals surface area contributed by atoms with Crippen LogP contribution in [0.2, 0.25) is 0 Å². The summed E-state index contributed by atoms with van der Waals surface area (Å²) in [6.45, 7) is 8.19. The van der Waals surface area contributed by atoms with Crippen LogP contribution in [0.25, 0.3) is 10.9 Å². The highest BCUT2D eigenvalue weighted by molar-refractivity contribution is 5.98. The molecule has 1 heterocycles. The van der Waals surface area contributed by atoms with Crippen molar-refractivity contribution in [3.63, 3.8) is 0 Å². The summed E-state index contributed by atoms with van der Waals surface area (Å²) in [6.07, 6.45) is 2.77. The summed E-state index contributed by atoms with van der Waals surface area (Å²) in [5.74, 6) is -0.325. The lowest BCUT2D eigenvalue weighted by Crippen LogP contribution is -2.23. The van der Waals surface area contributed by atoms with E-state index < -0.39 is 5.60 Å². The van der Waals surface area contributed by atoms with Gasteiger partial charge in [0.2, 0.25) is 0 Å². The molecule has 3 rings (SSSR count). The number of aromatic nitrogens is 1. The van der Waals surface area contributed by atoms with Crippen LogP contribution in [-0.4, -0.2) is 22.4 Å². The maximum atomic E-state index is 12.1. The maximum absolute atomic E-state index is 12.1. The second-order valence-corrected chi connectivity index (χ2v) is 7.55. The molecule has 0 aliphatic heterocycles. The van der Waals surface area contributed by atoms with E-state index in [1.54, 1.807) is 12.1 Å². The number of esters is 1. The first-order valence-corrected chi connectivity index (χ1v) is 8.64. The number of aryl methyl sites for hydroxylation is 1. The first-order chi connectivity index (χ1) is 12.3. The molecule has 134 valence electrons. The van der Waals surface area contributed by atoms with Crippen LogP contribution >= 0.6 is 0 Å². The van der Waals surface area contributed by atoms with Gasteiger partial charge in [-0.1, -0.05) is 23.8 Å². The molecule has 0 aliphatic rings. The molecule has 0 atom stereocenters. The van der Waals surface area contributed by atoms with Gasteiger partial charge in [0.1, 0.15) is 5.60 Å². The molecule has 0 amide bonds. The number of benzene rings is 2. The highest BCUT2D eigenvalue weighted by Crippen LogP contribution is 2.23. The molecule has 0 saturated heterocycles. The monoisotopic (exact) mass is 349 g/mol. The molecular formula is C22H23NO3. The fourth-order valence-corrected chi connectivity index (χ4v) is 2.94. The number of rotatable bonds is 4. The Hall–Kier alpha value is -2.88. The van der Waals surface area contributed by atoms with Gasteiger partial charge in [-0.2, -0.15) is 0 Å². The first-order valence-electron chi connectivity index (χ1n) is 8.64. The molecule has 0 spiro atoms. The fourth-order valence-electron chi connectivity index (χ4n) is 2.94. The Morgan fingerprint density at radius 1 is 1.12 bits per heavy atom. The van der Waals surface area contributed by atoms with Crippen LogP contribution < -0.4 is 0 Å². The summed E-state index contributed by atoms with van der Waals surface area (Å²) in [5.41, 5.74) is 3.91. The molecule has 0 saturated carbocycles. The lowest BCUT2D eigenvalue weighted by molar-refractivity contribution is 0.00694. The van der Waals surface area contributed by atoms with E-state index in [0.717, 1.165) is 28.3 Å². The van der Waals surface area contributed by atoms with Crippen molar-refractivity contribution >= 4 is 23.2 Å². The van der Waals surface area contributed by atoms with Crippen molar-refractivity contribution in [1.29, 1.82) is 0 Å². The summed E-state index contributed by atoms with van der Waals surface area (Å²) in [6, 6.07) is 13.5. The average Bonchev–Trinajstić information content (AvgIpc) is 2.91. The fraction of sp³-hybridized carbons (Fsp3) is 0.273. The molecular weight excluding hydrogens is 326 g/mol. The second-order valence-electron chi connectivity index (χ2n) is 7.55. The summed E-state index contributed by atoms with van der Waals surface area (Å²) < 4.78 is 7.44. The lowest BCUT2D eigenvalue weighted by Gasteiger charge is -2.19. The smallest absolute Gasteiger partial charge is 0.338 e. The molecule has 0 fully saturated rings. The zero-order valence-electron chi connectivity index (χ0n) is 15.6. The predicted molar refractivity (Wildman–Crippen MR) is 103 cm³/mol. The molecule has 4 nitrogen and oxygen atoms in total. The van der Waals surface area contributed by atoms with Gasteiger partial charge in [-0.05, 0) is 57.5 Å². The number of hydrogen-bond donors (Lipinski definition) is 0. The number of hydrogen-bond acceptors (Lipinski definition) is 3. The van der Waals surface area contributed by atoms with Gasteiger partial charge < -0.3 is 9.30 Å². The van der Waals surface area contributed by atoms with Crippen LogP contribution in [-0.2, 0) is 11.3 Å². The van der Waals surface area contributed by atoms with Gasteiger partial charge in [-0.25, -0.2) is 4.79 Å². The van der Waals surface area contributed by atoms with Crippen molar-refractivity contribution in [1.82, 2.24) is 4.57 Å². The summed E-state index contributed by atoms with van der Waals surface area (Å²) in [5, 5.41) is 0.963. The van der Waals surface area contributed by atoms with E-state index >= 15 is 0 Å². The zero-order chi connectivity index (χ0) is 18.9. The minimum atomic E-state index is -0.511. The number of fused-ring (bicyclic) bond motifs is 1. The Balaban J connectivity index is 1.85. The van der Waals surface area contributed by atoms with Crippen molar-refractivity contribution in [2.45, 2.75) is 39.8 Å². The van der Waals surface area contributed by atoms with Gasteiger partial charge in [-0.3, -0.25) is 4.79 Å². The molecule has 0 N–H and O–H groups in total. The van der Waals surface area contributed by atoms with Crippen molar-refractivity contribution in [2.75, 3.05) is 0 Å². The maximum Gasteiger partial charge on any atom is 0.338 e. The normalized spacial score (nSPS) is 11.5. The van der Waals surface area contributed by atoms with Crippen LogP contribution in [0.3, 0.4) is 0 Å². The first kappa shape index (κ1) is 17.9. The minimum Gasteiger partial charge on any atom is -0.456 e. The predicted octanol–water partition coefficient (Wildman–Crippen LogP) is 4.77. The van der Waals surface area contributed by atoms with E-state index in [4.69, 9.17) is 4.74 Å². The third kappa shape index (κ3) is 3.85. The molecule has 4 heteroatoms. The number of aldehydes is 1. The van der Waals surface area contributed by atoms with E-state index in [1.807, 2.05) is 64.2 Å². The SMILES string of the molecule is Cc1ccc2c(c1)c(C=O)cn2Cc1ccc(C(=O)OC(C)(C)C)cc1. The van der Waals surface area contributed by atoms with E-state index in [9.17, 15) is 9.59 Å². The minimum absolute atomic E-state index is 0.325. The van der Waals surface area contributed by atoms with Crippen LogP contribution in [0.1, 0.15) is 52.6 Å². The molecule has 0 unspecified atom stereocenters. The molecule has 2 aromatic carbocycles. The Morgan fingerprint density at radius 2 is 1.81 bits per heavy atom. The van der Waals surface area contributed by atoms with Gasteiger partial charge in [0.05, 0.1) is 5.56 Å². The van der Waals surface area contributed by atoms with Gasteiger partial charge >= 0.3 is 5.97 Å². The Bertz CT molecular complexity index is 959. The highest BCUT2D eigenvalue weighted by atomic mass is 16.6. The summed E-state index contributed by atoms with van der Waals surface area (Å²) >= 11 is 0. The molecule has 0 aliphatic carbocycles. The summed E-state index contributed by atoms with van der Waals surface area (Å²) in [4.78, 5) is 23.5. The van der Waals surface area contributed by atoms with Crippen molar-refractivity contribution in [2.24, 2.45) is 0 Å². The van der Waals surface area contributed by atoms with Crippen molar-refractivity contribution in [3.8, 4) is 0 Å². The molecule has 1 aromatic heterocycles. The lowest BCUT2D eigenvalue weighted by atomic mass is 10.1. The van der Waals surface area contributed by atoms with E-state index in [1.165, 1.54) is 0 Å². The topological polar surface area (TPSA) is 48.3 Å². The Labute approximate surface area is 153 Å². The van der Waals surface area contributed by atoms with Crippen LogP contribution in [0.15, 0.2) is 48.7 Å². The Kier molecular flexibility index (Phi) is 4.68. The largest absolute Gasteiger partial charge is 0.456 e. The van der Waals surface area contributed by atoms with Crippen LogP contribution in [0, 0.1) is 6.92 Å². The number of carbonyl (C=O) groups is 2. The van der Waals surface area contributed by atoms with E-state index in [2.05, 4.69) is 4.57 Å². The molecule has 0 bridgehead atoms. The van der Waals surface area contributed by atoms with Crippen molar-refractivity contribution in [3.05, 3.63) is 70.9 Å². The second kappa shape index (κ2) is 6.79. The van der Waals surface area contributed by atoms with Crippen LogP contribution in [0.4, 0.5) is 0 Å². The highest BCUT2D eigenvalue weighted by Gasteiger charge is 2.17. The number of nitrogens with zero attached hydrogens (tertiary/aromatic N) is 1. The third-order valence-corrected chi connectivity index (χ3v) is 4.14. The Morgan fingerprint density at radius 3 is 2.42 bits per heavy atom. The quantitative estimate of drug-likeness (QED) is 0.504. The third-order valence-electron chi connectivity index (χ3n) is 4.14. The zero-order valence-corrected chi connectivity index (χ0v) is 15.6. The molecule has 3 aromatic rings. The molecule has 26 heavy (non-hydrogen) atoms. The standard InChI is InChI=1S/C22H23NO3/c1-15-5-10-20-19(11-15)18(14-24)13-23(20)12-16-6-8-17(9-7-16)21(25)26-22(2,3)4/h5-11,13-14H,12H2,1-4H3. The summed E-state index contributed by atoms with van der Waals surface area (Å²) in [7, 11) is 0. The molecule has 0 radical (unpaired) electrons. The van der Waals surface area contributed by atoms with E-state index in [0.29, 0.717) is 17.7 Å². The van der Waals surface area contributed by atoms with Gasteiger partial charge in [0.15, 0.2) is 6.29 Å². The van der Waals surface area contributed by atoms with Gasteiger partial charge in [-0.15, -0.1) is 0 Å². The van der Waals surface area contributed by atoms with Gasteiger partial charge in [0.25, 0.3) is 0 Å². The van der Waals surface area contributed by atoms with Gasteiger partial charge in [0, 0.05) is 29.2 Å². The van der Waals surface area contributed by atoms with Crippen LogP contribution in [0.5, 0.6) is 0 Å². The average molecular weight is 349 g/mol. The van der Waals surface area contributed by atoms with E-state index in [-0.39, 0.29) is 5.97 Å².